The van der Waals surface area contributed by atoms with Gasteiger partial charge in [-0.1, -0.05) is 12.1 Å². The quantitative estimate of drug-likeness (QED) is 0.891. The van der Waals surface area contributed by atoms with Gasteiger partial charge in [-0.15, -0.1) is 0 Å². The monoisotopic (exact) mass is 346 g/mol. The molecule has 1 fully saturated rings. The fourth-order valence-corrected chi connectivity index (χ4v) is 3.07. The zero-order valence-electron chi connectivity index (χ0n) is 13.9. The number of halogens is 2. The summed E-state index contributed by atoms with van der Waals surface area (Å²) in [7, 11) is 0. The van der Waals surface area contributed by atoms with Gasteiger partial charge in [-0.3, -0.25) is 4.79 Å². The Morgan fingerprint density at radius 2 is 1.80 bits per heavy atom. The van der Waals surface area contributed by atoms with Crippen molar-refractivity contribution in [2.45, 2.75) is 25.8 Å². The third-order valence-electron chi connectivity index (χ3n) is 4.43. The maximum absolute atomic E-state index is 13.4. The zero-order chi connectivity index (χ0) is 18.0. The Bertz CT molecular complexity index is 764. The van der Waals surface area contributed by atoms with Crippen molar-refractivity contribution in [3.63, 3.8) is 0 Å². The van der Waals surface area contributed by atoms with E-state index in [1.165, 1.54) is 5.56 Å². The largest absolute Gasteiger partial charge is 0.503 e. The van der Waals surface area contributed by atoms with E-state index in [1.54, 1.807) is 4.90 Å². The first-order chi connectivity index (χ1) is 11.9. The Balaban J connectivity index is 1.61. The van der Waals surface area contributed by atoms with Gasteiger partial charge in [0.15, 0.2) is 17.4 Å². The predicted octanol–water partition coefficient (Wildman–Crippen LogP) is 3.70. The number of aromatic hydroxyl groups is 1. The lowest BCUT2D eigenvalue weighted by Gasteiger charge is -2.33. The lowest BCUT2D eigenvalue weighted by molar-refractivity contribution is 0.0717. The molecule has 132 valence electrons. The molecule has 6 heteroatoms. The number of hydrogen-bond donors (Lipinski definition) is 2. The summed E-state index contributed by atoms with van der Waals surface area (Å²) in [5.74, 6) is -3.73. The minimum atomic E-state index is -1.13. The topological polar surface area (TPSA) is 52.6 Å². The van der Waals surface area contributed by atoms with E-state index in [0.717, 1.165) is 30.7 Å². The van der Waals surface area contributed by atoms with Gasteiger partial charge >= 0.3 is 0 Å². The van der Waals surface area contributed by atoms with Crippen LogP contribution in [0.3, 0.4) is 0 Å². The van der Waals surface area contributed by atoms with Gasteiger partial charge < -0.3 is 15.3 Å². The summed E-state index contributed by atoms with van der Waals surface area (Å²) < 4.78 is 26.9. The van der Waals surface area contributed by atoms with Gasteiger partial charge in [0, 0.05) is 30.4 Å². The smallest absolute Gasteiger partial charge is 0.254 e. The van der Waals surface area contributed by atoms with Crippen molar-refractivity contribution in [2.24, 2.45) is 0 Å². The van der Waals surface area contributed by atoms with Crippen LogP contribution in [0.5, 0.6) is 5.75 Å². The van der Waals surface area contributed by atoms with Gasteiger partial charge in [0.1, 0.15) is 0 Å². The number of carbonyl (C=O) groups is 1. The number of benzene rings is 2. The molecule has 3 rings (SSSR count). The van der Waals surface area contributed by atoms with Crippen molar-refractivity contribution in [2.75, 3.05) is 18.4 Å². The third kappa shape index (κ3) is 3.90. The van der Waals surface area contributed by atoms with E-state index < -0.39 is 23.3 Å². The number of amides is 1. The first-order valence-electron chi connectivity index (χ1n) is 8.24. The van der Waals surface area contributed by atoms with Crippen LogP contribution in [0.2, 0.25) is 0 Å². The predicted molar refractivity (Wildman–Crippen MR) is 91.8 cm³/mol. The number of carbonyl (C=O) groups excluding carboxylic acids is 1. The fraction of sp³-hybridized carbons (Fsp3) is 0.316. The van der Waals surface area contributed by atoms with Crippen molar-refractivity contribution in [3.05, 3.63) is 59.2 Å². The van der Waals surface area contributed by atoms with Gasteiger partial charge in [0.2, 0.25) is 0 Å². The molecular weight excluding hydrogens is 326 g/mol. The standard InChI is InChI=1S/C19H20F2N2O2/c1-12-3-2-4-15(9-12)22-14-5-7-23(8-6-14)19(25)13-10-16(20)18(24)17(21)11-13/h2-4,9-11,14,22,24H,5-8H2,1H3. The van der Waals surface area contributed by atoms with E-state index in [0.29, 0.717) is 13.1 Å². The summed E-state index contributed by atoms with van der Waals surface area (Å²) in [5.41, 5.74) is 2.14. The number of hydrogen-bond acceptors (Lipinski definition) is 3. The molecule has 2 aromatic carbocycles. The highest BCUT2D eigenvalue weighted by Gasteiger charge is 2.25. The van der Waals surface area contributed by atoms with Crippen molar-refractivity contribution in [1.82, 2.24) is 4.90 Å². The van der Waals surface area contributed by atoms with E-state index >= 15 is 0 Å². The number of rotatable bonds is 3. The Morgan fingerprint density at radius 1 is 1.16 bits per heavy atom. The molecule has 0 atom stereocenters. The molecule has 1 saturated heterocycles. The van der Waals surface area contributed by atoms with Gasteiger partial charge in [0.25, 0.3) is 5.91 Å². The number of piperidine rings is 1. The summed E-state index contributed by atoms with van der Waals surface area (Å²) in [6, 6.07) is 10.1. The molecule has 0 aromatic heterocycles. The minimum Gasteiger partial charge on any atom is -0.503 e. The molecule has 1 aliphatic heterocycles. The highest BCUT2D eigenvalue weighted by atomic mass is 19.1. The minimum absolute atomic E-state index is 0.0853. The van der Waals surface area contributed by atoms with E-state index in [2.05, 4.69) is 11.4 Å². The van der Waals surface area contributed by atoms with Crippen LogP contribution >= 0.6 is 0 Å². The van der Waals surface area contributed by atoms with Crippen LogP contribution in [0.25, 0.3) is 0 Å². The Morgan fingerprint density at radius 3 is 2.40 bits per heavy atom. The number of anilines is 1. The molecule has 0 spiro atoms. The third-order valence-corrected chi connectivity index (χ3v) is 4.43. The van der Waals surface area contributed by atoms with Gasteiger partial charge in [-0.2, -0.15) is 0 Å². The Kier molecular flexibility index (Phi) is 4.88. The number of phenolic OH excluding ortho intramolecular Hbond substituents is 1. The second-order valence-corrected chi connectivity index (χ2v) is 6.37. The zero-order valence-corrected chi connectivity index (χ0v) is 13.9. The average Bonchev–Trinajstić information content (AvgIpc) is 2.59. The molecule has 2 aromatic rings. The van der Waals surface area contributed by atoms with E-state index in [4.69, 9.17) is 5.11 Å². The molecule has 0 unspecified atom stereocenters. The summed E-state index contributed by atoms with van der Waals surface area (Å²) in [5, 5.41) is 12.6. The molecule has 1 amide bonds. The number of aryl methyl sites for hydroxylation is 1. The highest BCUT2D eigenvalue weighted by Crippen LogP contribution is 2.24. The maximum Gasteiger partial charge on any atom is 0.254 e. The van der Waals surface area contributed by atoms with Crippen LogP contribution in [-0.2, 0) is 0 Å². The normalized spacial score (nSPS) is 15.2. The molecule has 1 heterocycles. The first kappa shape index (κ1) is 17.2. The van der Waals surface area contributed by atoms with Crippen LogP contribution in [0, 0.1) is 18.6 Å². The van der Waals surface area contributed by atoms with Crippen LogP contribution in [0.15, 0.2) is 36.4 Å². The summed E-state index contributed by atoms with van der Waals surface area (Å²) in [6.07, 6.45) is 1.51. The number of nitrogens with zero attached hydrogens (tertiary/aromatic N) is 1. The van der Waals surface area contributed by atoms with Gasteiger partial charge in [-0.05, 0) is 49.6 Å². The first-order valence-corrected chi connectivity index (χ1v) is 8.24. The van der Waals surface area contributed by atoms with Gasteiger partial charge in [-0.25, -0.2) is 8.78 Å². The molecule has 0 bridgehead atoms. The van der Waals surface area contributed by atoms with Crippen molar-refractivity contribution < 1.29 is 18.7 Å². The molecule has 1 aliphatic rings. The summed E-state index contributed by atoms with van der Waals surface area (Å²) in [4.78, 5) is 14.0. The maximum atomic E-state index is 13.4. The Hall–Kier alpha value is -2.63. The summed E-state index contributed by atoms with van der Waals surface area (Å²) >= 11 is 0. The van der Waals surface area contributed by atoms with E-state index in [-0.39, 0.29) is 11.6 Å². The number of nitrogens with one attached hydrogen (secondary N) is 1. The van der Waals surface area contributed by atoms with Crippen LogP contribution in [-0.4, -0.2) is 35.0 Å². The lowest BCUT2D eigenvalue weighted by Crippen LogP contribution is -2.42. The van der Waals surface area contributed by atoms with Crippen molar-refractivity contribution in [1.29, 1.82) is 0 Å². The number of likely N-dealkylation sites (tertiary alicyclic amines) is 1. The SMILES string of the molecule is Cc1cccc(NC2CCN(C(=O)c3cc(F)c(O)c(F)c3)CC2)c1. The van der Waals surface area contributed by atoms with E-state index in [9.17, 15) is 13.6 Å². The average molecular weight is 346 g/mol. The summed E-state index contributed by atoms with van der Waals surface area (Å²) in [6.45, 7) is 3.04. The van der Waals surface area contributed by atoms with Crippen LogP contribution < -0.4 is 5.32 Å². The second kappa shape index (κ2) is 7.09. The molecule has 4 nitrogen and oxygen atoms in total. The highest BCUT2D eigenvalue weighted by molar-refractivity contribution is 5.94. The molecule has 0 radical (unpaired) electrons. The second-order valence-electron chi connectivity index (χ2n) is 6.37. The lowest BCUT2D eigenvalue weighted by atomic mass is 10.0. The molecular formula is C19H20F2N2O2. The van der Waals surface area contributed by atoms with Crippen molar-refractivity contribution >= 4 is 11.6 Å². The van der Waals surface area contributed by atoms with Crippen LogP contribution in [0.4, 0.5) is 14.5 Å². The van der Waals surface area contributed by atoms with Crippen molar-refractivity contribution in [3.8, 4) is 5.75 Å². The Labute approximate surface area is 145 Å². The number of phenols is 1. The fourth-order valence-electron chi connectivity index (χ4n) is 3.07. The van der Waals surface area contributed by atoms with Gasteiger partial charge in [0.05, 0.1) is 0 Å². The molecule has 25 heavy (non-hydrogen) atoms. The van der Waals surface area contributed by atoms with Crippen LogP contribution in [0.1, 0.15) is 28.8 Å². The molecule has 2 N–H and O–H groups in total. The molecule has 0 saturated carbocycles. The molecule has 0 aliphatic carbocycles. The van der Waals surface area contributed by atoms with E-state index in [1.807, 2.05) is 25.1 Å².